The van der Waals surface area contributed by atoms with Crippen molar-refractivity contribution in [3.63, 3.8) is 0 Å². The summed E-state index contributed by atoms with van der Waals surface area (Å²) in [5.74, 6) is -0.229. The van der Waals surface area contributed by atoms with Crippen LogP contribution in [-0.4, -0.2) is 11.5 Å². The normalized spacial score (nSPS) is 10.6. The zero-order valence-electron chi connectivity index (χ0n) is 9.87. The van der Waals surface area contributed by atoms with E-state index in [4.69, 9.17) is 0 Å². The fraction of sp³-hybridized carbons (Fsp3) is 0.214. The number of aromatic nitrogens is 1. The van der Waals surface area contributed by atoms with Crippen LogP contribution in [0.15, 0.2) is 47.1 Å². The summed E-state index contributed by atoms with van der Waals surface area (Å²) in [6.45, 7) is 1.58. The Labute approximate surface area is 114 Å². The van der Waals surface area contributed by atoms with Crippen LogP contribution < -0.4 is 5.32 Å². The standard InChI is InChI=1S/C14H14BrFN2/c15-13-9-11(4-5-14(13)16)10-17-8-6-12-3-1-2-7-18-12/h1-5,7,9,17H,6,8,10H2. The first kappa shape index (κ1) is 13.2. The van der Waals surface area contributed by atoms with E-state index in [0.717, 1.165) is 30.8 Å². The van der Waals surface area contributed by atoms with Crippen LogP contribution in [0.5, 0.6) is 0 Å². The van der Waals surface area contributed by atoms with Crippen molar-refractivity contribution in [1.82, 2.24) is 10.3 Å². The van der Waals surface area contributed by atoms with Crippen molar-refractivity contribution in [2.75, 3.05) is 6.54 Å². The largest absolute Gasteiger partial charge is 0.312 e. The Morgan fingerprint density at radius 3 is 2.83 bits per heavy atom. The lowest BCUT2D eigenvalue weighted by Gasteiger charge is -2.05. The molecule has 0 unspecified atom stereocenters. The third kappa shape index (κ3) is 3.89. The van der Waals surface area contributed by atoms with Crippen LogP contribution >= 0.6 is 15.9 Å². The maximum atomic E-state index is 13.0. The fourth-order valence-electron chi connectivity index (χ4n) is 1.64. The molecule has 2 nitrogen and oxygen atoms in total. The van der Waals surface area contributed by atoms with E-state index in [-0.39, 0.29) is 5.82 Å². The quantitative estimate of drug-likeness (QED) is 0.857. The molecule has 1 heterocycles. The van der Waals surface area contributed by atoms with Crippen molar-refractivity contribution in [1.29, 1.82) is 0 Å². The molecule has 2 rings (SSSR count). The average Bonchev–Trinajstić information content (AvgIpc) is 2.40. The van der Waals surface area contributed by atoms with Gasteiger partial charge in [-0.2, -0.15) is 0 Å². The summed E-state index contributed by atoms with van der Waals surface area (Å²) in [6.07, 6.45) is 2.69. The molecule has 2 aromatic rings. The summed E-state index contributed by atoms with van der Waals surface area (Å²) in [6, 6.07) is 11.0. The number of hydrogen-bond acceptors (Lipinski definition) is 2. The molecule has 0 saturated heterocycles. The van der Waals surface area contributed by atoms with Crippen LogP contribution in [0.3, 0.4) is 0 Å². The Hall–Kier alpha value is -1.26. The third-order valence-electron chi connectivity index (χ3n) is 2.60. The molecule has 0 fully saturated rings. The minimum atomic E-state index is -0.229. The monoisotopic (exact) mass is 308 g/mol. The predicted octanol–water partition coefficient (Wildman–Crippen LogP) is 3.32. The molecule has 0 amide bonds. The van der Waals surface area contributed by atoms with Crippen LogP contribution in [0.4, 0.5) is 4.39 Å². The lowest BCUT2D eigenvalue weighted by Crippen LogP contribution is -2.17. The van der Waals surface area contributed by atoms with Gasteiger partial charge in [-0.05, 0) is 45.8 Å². The molecule has 0 bridgehead atoms. The number of hydrogen-bond donors (Lipinski definition) is 1. The van der Waals surface area contributed by atoms with Gasteiger partial charge in [0, 0.05) is 31.4 Å². The third-order valence-corrected chi connectivity index (χ3v) is 3.20. The lowest BCUT2D eigenvalue weighted by atomic mass is 10.2. The fourth-order valence-corrected chi connectivity index (χ4v) is 2.07. The maximum absolute atomic E-state index is 13.0. The summed E-state index contributed by atoms with van der Waals surface area (Å²) in [5.41, 5.74) is 2.13. The highest BCUT2D eigenvalue weighted by Crippen LogP contribution is 2.16. The number of rotatable bonds is 5. The Bertz CT molecular complexity index is 502. The van der Waals surface area contributed by atoms with Gasteiger partial charge < -0.3 is 5.32 Å². The number of nitrogens with one attached hydrogen (secondary N) is 1. The van der Waals surface area contributed by atoms with Gasteiger partial charge in [-0.3, -0.25) is 4.98 Å². The van der Waals surface area contributed by atoms with Crippen molar-refractivity contribution >= 4 is 15.9 Å². The Morgan fingerprint density at radius 1 is 1.22 bits per heavy atom. The van der Waals surface area contributed by atoms with E-state index in [1.807, 2.05) is 18.2 Å². The van der Waals surface area contributed by atoms with E-state index in [2.05, 4.69) is 26.2 Å². The topological polar surface area (TPSA) is 24.9 Å². The zero-order valence-corrected chi connectivity index (χ0v) is 11.5. The molecule has 1 N–H and O–H groups in total. The summed E-state index contributed by atoms with van der Waals surface area (Å²) >= 11 is 3.18. The number of benzene rings is 1. The van der Waals surface area contributed by atoms with E-state index in [0.29, 0.717) is 4.47 Å². The number of nitrogens with zero attached hydrogens (tertiary/aromatic N) is 1. The van der Waals surface area contributed by atoms with Crippen molar-refractivity contribution < 1.29 is 4.39 Å². The summed E-state index contributed by atoms with van der Waals surface area (Å²) in [5, 5.41) is 3.31. The van der Waals surface area contributed by atoms with Gasteiger partial charge in [0.15, 0.2) is 0 Å². The maximum Gasteiger partial charge on any atom is 0.137 e. The van der Waals surface area contributed by atoms with E-state index in [1.165, 1.54) is 6.07 Å². The van der Waals surface area contributed by atoms with Gasteiger partial charge in [0.1, 0.15) is 5.82 Å². The first-order valence-corrected chi connectivity index (χ1v) is 6.59. The molecule has 94 valence electrons. The molecule has 1 aromatic carbocycles. The summed E-state index contributed by atoms with van der Waals surface area (Å²) in [7, 11) is 0. The Balaban J connectivity index is 1.77. The van der Waals surface area contributed by atoms with Crippen LogP contribution in [-0.2, 0) is 13.0 Å². The summed E-state index contributed by atoms with van der Waals surface area (Å²) < 4.78 is 13.5. The van der Waals surface area contributed by atoms with Crippen molar-refractivity contribution in [2.45, 2.75) is 13.0 Å². The molecule has 0 spiro atoms. The second kappa shape index (κ2) is 6.61. The molecule has 0 saturated carbocycles. The first-order chi connectivity index (χ1) is 8.75. The molecule has 18 heavy (non-hydrogen) atoms. The molecular formula is C14H14BrFN2. The van der Waals surface area contributed by atoms with Crippen LogP contribution in [0, 0.1) is 5.82 Å². The Morgan fingerprint density at radius 2 is 2.11 bits per heavy atom. The van der Waals surface area contributed by atoms with E-state index in [1.54, 1.807) is 18.3 Å². The Kier molecular flexibility index (Phi) is 4.84. The molecule has 0 aliphatic heterocycles. The van der Waals surface area contributed by atoms with E-state index < -0.39 is 0 Å². The van der Waals surface area contributed by atoms with E-state index >= 15 is 0 Å². The van der Waals surface area contributed by atoms with Crippen LogP contribution in [0.25, 0.3) is 0 Å². The van der Waals surface area contributed by atoms with Gasteiger partial charge in [-0.1, -0.05) is 12.1 Å². The van der Waals surface area contributed by atoms with Gasteiger partial charge in [0.25, 0.3) is 0 Å². The van der Waals surface area contributed by atoms with Gasteiger partial charge in [0.05, 0.1) is 4.47 Å². The summed E-state index contributed by atoms with van der Waals surface area (Å²) in [4.78, 5) is 4.25. The number of halogens is 2. The second-order valence-corrected chi connectivity index (χ2v) is 4.85. The highest BCUT2D eigenvalue weighted by Gasteiger charge is 2.00. The van der Waals surface area contributed by atoms with Crippen LogP contribution in [0.2, 0.25) is 0 Å². The molecule has 0 aliphatic carbocycles. The van der Waals surface area contributed by atoms with Gasteiger partial charge >= 0.3 is 0 Å². The minimum Gasteiger partial charge on any atom is -0.312 e. The van der Waals surface area contributed by atoms with Crippen LogP contribution in [0.1, 0.15) is 11.3 Å². The lowest BCUT2D eigenvalue weighted by molar-refractivity contribution is 0.618. The minimum absolute atomic E-state index is 0.229. The van der Waals surface area contributed by atoms with Gasteiger partial charge in [-0.25, -0.2) is 4.39 Å². The average molecular weight is 309 g/mol. The van der Waals surface area contributed by atoms with Gasteiger partial charge in [0.2, 0.25) is 0 Å². The smallest absolute Gasteiger partial charge is 0.137 e. The molecule has 0 atom stereocenters. The zero-order chi connectivity index (χ0) is 12.8. The molecular weight excluding hydrogens is 295 g/mol. The van der Waals surface area contributed by atoms with Gasteiger partial charge in [-0.15, -0.1) is 0 Å². The molecule has 4 heteroatoms. The molecule has 0 radical (unpaired) electrons. The molecule has 1 aromatic heterocycles. The number of pyridine rings is 1. The van der Waals surface area contributed by atoms with E-state index in [9.17, 15) is 4.39 Å². The molecule has 0 aliphatic rings. The first-order valence-electron chi connectivity index (χ1n) is 5.80. The SMILES string of the molecule is Fc1ccc(CNCCc2ccccn2)cc1Br. The predicted molar refractivity (Wildman–Crippen MR) is 73.7 cm³/mol. The highest BCUT2D eigenvalue weighted by molar-refractivity contribution is 9.10. The van der Waals surface area contributed by atoms with Crippen molar-refractivity contribution in [2.24, 2.45) is 0 Å². The van der Waals surface area contributed by atoms with Crippen molar-refractivity contribution in [3.8, 4) is 0 Å². The highest BCUT2D eigenvalue weighted by atomic mass is 79.9. The van der Waals surface area contributed by atoms with Crippen molar-refractivity contribution in [3.05, 3.63) is 64.1 Å². The second-order valence-electron chi connectivity index (χ2n) is 4.00.